The Kier molecular flexibility index (Phi) is 7.52. The lowest BCUT2D eigenvalue weighted by Gasteiger charge is -2.20. The van der Waals surface area contributed by atoms with Crippen LogP contribution < -0.4 is 10.3 Å². The highest BCUT2D eigenvalue weighted by Crippen LogP contribution is 2.42. The van der Waals surface area contributed by atoms with Gasteiger partial charge >= 0.3 is 11.8 Å². The minimum absolute atomic E-state index is 0.0237. The van der Waals surface area contributed by atoms with Crippen LogP contribution in [0.2, 0.25) is 0 Å². The summed E-state index contributed by atoms with van der Waals surface area (Å²) in [5, 5.41) is 12.4. The molecule has 7 nitrogen and oxygen atoms in total. The van der Waals surface area contributed by atoms with E-state index in [1.807, 2.05) is 6.07 Å². The van der Waals surface area contributed by atoms with Crippen molar-refractivity contribution >= 4 is 31.9 Å². The summed E-state index contributed by atoms with van der Waals surface area (Å²) in [6.07, 6.45) is -4.43. The van der Waals surface area contributed by atoms with Gasteiger partial charge in [0.1, 0.15) is 11.3 Å². The SMILES string of the molecule is O=c1oc2ccccc2c(O)c1C(c1ccc(C(F)(F)F)cc1)c1[nH]c2ccccc2c1CCNS(=O)(=O)c1ccccc1. The molecule has 3 N–H and O–H groups in total. The number of fused-ring (bicyclic) bond motifs is 2. The second kappa shape index (κ2) is 11.3. The molecule has 44 heavy (non-hydrogen) atoms. The molecule has 1 atom stereocenters. The molecular formula is C33H25F3N2O5S. The maximum Gasteiger partial charge on any atom is 0.416 e. The van der Waals surface area contributed by atoms with Crippen LogP contribution in [0.3, 0.4) is 0 Å². The number of alkyl halides is 3. The van der Waals surface area contributed by atoms with Crippen molar-refractivity contribution in [3.05, 3.63) is 141 Å². The van der Waals surface area contributed by atoms with Crippen LogP contribution in [0.15, 0.2) is 117 Å². The minimum Gasteiger partial charge on any atom is -0.507 e. The zero-order chi connectivity index (χ0) is 31.1. The molecule has 0 spiro atoms. The van der Waals surface area contributed by atoms with Gasteiger partial charge < -0.3 is 14.5 Å². The predicted molar refractivity (Wildman–Crippen MR) is 160 cm³/mol. The number of nitrogens with one attached hydrogen (secondary N) is 2. The first-order valence-corrected chi connectivity index (χ1v) is 15.1. The monoisotopic (exact) mass is 618 g/mol. The van der Waals surface area contributed by atoms with Crippen LogP contribution in [0, 0.1) is 0 Å². The highest BCUT2D eigenvalue weighted by Gasteiger charge is 2.33. The van der Waals surface area contributed by atoms with Crippen LogP contribution in [0.25, 0.3) is 21.9 Å². The Hall–Kier alpha value is -4.87. The number of halogens is 3. The molecule has 0 aliphatic carbocycles. The van der Waals surface area contributed by atoms with Gasteiger partial charge in [0.25, 0.3) is 0 Å². The van der Waals surface area contributed by atoms with Gasteiger partial charge in [-0.2, -0.15) is 13.2 Å². The summed E-state index contributed by atoms with van der Waals surface area (Å²) in [7, 11) is -3.83. The zero-order valence-corrected chi connectivity index (χ0v) is 23.7. The number of rotatable bonds is 8. The summed E-state index contributed by atoms with van der Waals surface area (Å²) in [4.78, 5) is 16.9. The van der Waals surface area contributed by atoms with E-state index in [1.54, 1.807) is 54.6 Å². The summed E-state index contributed by atoms with van der Waals surface area (Å²) >= 11 is 0. The smallest absolute Gasteiger partial charge is 0.416 e. The average Bonchev–Trinajstić information content (AvgIpc) is 3.37. The van der Waals surface area contributed by atoms with Crippen molar-refractivity contribution in [3.8, 4) is 5.75 Å². The third-order valence-corrected chi connectivity index (χ3v) is 9.01. The predicted octanol–water partition coefficient (Wildman–Crippen LogP) is 6.70. The van der Waals surface area contributed by atoms with Crippen LogP contribution in [0.4, 0.5) is 13.2 Å². The number of H-pyrrole nitrogens is 1. The molecule has 224 valence electrons. The summed E-state index contributed by atoms with van der Waals surface area (Å²) in [5.74, 6) is -1.46. The van der Waals surface area contributed by atoms with Crippen molar-refractivity contribution in [1.82, 2.24) is 9.71 Å². The summed E-state index contributed by atoms with van der Waals surface area (Å²) in [6, 6.07) is 25.8. The molecule has 0 saturated carbocycles. The molecule has 0 bridgehead atoms. The van der Waals surface area contributed by atoms with Crippen molar-refractivity contribution in [3.63, 3.8) is 0 Å². The molecule has 11 heteroatoms. The van der Waals surface area contributed by atoms with E-state index >= 15 is 0 Å². The van der Waals surface area contributed by atoms with Gasteiger partial charge in [-0.05, 0) is 60.0 Å². The second-order valence-corrected chi connectivity index (χ2v) is 12.0. The molecule has 0 fully saturated rings. The Bertz CT molecular complexity index is 2140. The van der Waals surface area contributed by atoms with Gasteiger partial charge in [-0.15, -0.1) is 0 Å². The first-order chi connectivity index (χ1) is 21.0. The van der Waals surface area contributed by atoms with Gasteiger partial charge in [0.15, 0.2) is 0 Å². The van der Waals surface area contributed by atoms with E-state index in [1.165, 1.54) is 30.3 Å². The van der Waals surface area contributed by atoms with Crippen LogP contribution in [-0.4, -0.2) is 25.1 Å². The molecular weight excluding hydrogens is 593 g/mol. The largest absolute Gasteiger partial charge is 0.507 e. The van der Waals surface area contributed by atoms with Crippen molar-refractivity contribution in [1.29, 1.82) is 0 Å². The quantitative estimate of drug-likeness (QED) is 0.164. The molecule has 0 radical (unpaired) electrons. The van der Waals surface area contributed by atoms with E-state index in [0.29, 0.717) is 16.8 Å². The second-order valence-electron chi connectivity index (χ2n) is 10.2. The van der Waals surface area contributed by atoms with Gasteiger partial charge in [0, 0.05) is 23.1 Å². The molecule has 6 rings (SSSR count). The van der Waals surface area contributed by atoms with Crippen molar-refractivity contribution < 1.29 is 31.1 Å². The van der Waals surface area contributed by atoms with Crippen LogP contribution >= 0.6 is 0 Å². The third kappa shape index (κ3) is 5.47. The molecule has 0 aliphatic heterocycles. The molecule has 2 heterocycles. The Morgan fingerprint density at radius 2 is 1.48 bits per heavy atom. The maximum atomic E-state index is 13.5. The molecule has 0 saturated heterocycles. The van der Waals surface area contributed by atoms with Crippen molar-refractivity contribution in [2.45, 2.75) is 23.4 Å². The fourth-order valence-corrected chi connectivity index (χ4v) is 6.53. The highest BCUT2D eigenvalue weighted by molar-refractivity contribution is 7.89. The van der Waals surface area contributed by atoms with Gasteiger partial charge in [0.2, 0.25) is 10.0 Å². The van der Waals surface area contributed by atoms with Gasteiger partial charge in [-0.3, -0.25) is 0 Å². The molecule has 0 amide bonds. The Morgan fingerprint density at radius 3 is 2.18 bits per heavy atom. The minimum atomic E-state index is -4.58. The van der Waals surface area contributed by atoms with Crippen LogP contribution in [-0.2, 0) is 22.6 Å². The maximum absolute atomic E-state index is 13.5. The number of para-hydroxylation sites is 2. The molecule has 0 aliphatic rings. The fraction of sp³-hybridized carbons (Fsp3) is 0.121. The van der Waals surface area contributed by atoms with Gasteiger partial charge in [-0.25, -0.2) is 17.9 Å². The molecule has 1 unspecified atom stereocenters. The topological polar surface area (TPSA) is 112 Å². The number of aromatic nitrogens is 1. The Labute approximate surface area is 249 Å². The summed E-state index contributed by atoms with van der Waals surface area (Å²) in [5.41, 5.74) is 0.218. The summed E-state index contributed by atoms with van der Waals surface area (Å²) < 4.78 is 74.4. The van der Waals surface area contributed by atoms with Crippen molar-refractivity contribution in [2.75, 3.05) is 6.54 Å². The lowest BCUT2D eigenvalue weighted by Crippen LogP contribution is -2.26. The van der Waals surface area contributed by atoms with E-state index in [9.17, 15) is 31.5 Å². The average molecular weight is 619 g/mol. The van der Waals surface area contributed by atoms with Gasteiger partial charge in [-0.1, -0.05) is 60.7 Å². The summed E-state index contributed by atoms with van der Waals surface area (Å²) in [6.45, 7) is -0.0237. The van der Waals surface area contributed by atoms with E-state index in [2.05, 4.69) is 9.71 Å². The normalized spacial score (nSPS) is 13.0. The first-order valence-electron chi connectivity index (χ1n) is 13.6. The zero-order valence-electron chi connectivity index (χ0n) is 22.9. The first kappa shape index (κ1) is 29.2. The number of aromatic hydroxyl groups is 1. The van der Waals surface area contributed by atoms with Crippen molar-refractivity contribution in [2.24, 2.45) is 0 Å². The Morgan fingerprint density at radius 1 is 0.841 bits per heavy atom. The van der Waals surface area contributed by atoms with Crippen LogP contribution in [0.5, 0.6) is 5.75 Å². The molecule has 6 aromatic rings. The van der Waals surface area contributed by atoms with Gasteiger partial charge in [0.05, 0.1) is 27.3 Å². The number of hydrogen-bond acceptors (Lipinski definition) is 5. The fourth-order valence-electron chi connectivity index (χ4n) is 5.47. The third-order valence-electron chi connectivity index (χ3n) is 7.54. The number of hydrogen-bond donors (Lipinski definition) is 3. The van der Waals surface area contributed by atoms with E-state index in [4.69, 9.17) is 4.42 Å². The van der Waals surface area contributed by atoms with E-state index in [-0.39, 0.29) is 45.7 Å². The number of sulfonamides is 1. The Balaban J connectivity index is 1.52. The van der Waals surface area contributed by atoms with E-state index in [0.717, 1.165) is 17.5 Å². The lowest BCUT2D eigenvalue weighted by molar-refractivity contribution is -0.137. The highest BCUT2D eigenvalue weighted by atomic mass is 32.2. The van der Waals surface area contributed by atoms with E-state index < -0.39 is 33.3 Å². The molecule has 4 aromatic carbocycles. The molecule has 2 aromatic heterocycles. The lowest BCUT2D eigenvalue weighted by atomic mass is 9.85. The number of aromatic amines is 1. The number of benzene rings is 4. The standard InChI is InChI=1S/C33H25F3N2O5S/c34-33(35,36)21-16-14-20(15-17-21)28(29-31(39)25-11-5-7-13-27(25)43-32(29)40)30-24(23-10-4-6-12-26(23)38-30)18-19-37-44(41,42)22-8-2-1-3-9-22/h1-17,28,37-39H,18-19H2. The van der Waals surface area contributed by atoms with Crippen LogP contribution in [0.1, 0.15) is 33.9 Å².